The minimum absolute atomic E-state index is 0.118. The van der Waals surface area contributed by atoms with Crippen LogP contribution >= 0.6 is 11.6 Å². The van der Waals surface area contributed by atoms with E-state index in [0.29, 0.717) is 22.0 Å². The van der Waals surface area contributed by atoms with Crippen LogP contribution in [0.2, 0.25) is 5.02 Å². The molecule has 0 spiro atoms. The molecule has 0 atom stereocenters. The number of benzene rings is 1. The van der Waals surface area contributed by atoms with Crippen molar-refractivity contribution in [2.24, 2.45) is 0 Å². The number of phenolic OH excluding ortho intramolecular Hbond substituents is 1. The van der Waals surface area contributed by atoms with Gasteiger partial charge in [0.15, 0.2) is 0 Å². The molecule has 1 aliphatic rings. The molecule has 4 N–H and O–H groups in total. The molecule has 0 radical (unpaired) electrons. The van der Waals surface area contributed by atoms with Crippen LogP contribution in [0, 0.1) is 6.92 Å². The van der Waals surface area contributed by atoms with Crippen LogP contribution in [0.25, 0.3) is 11.1 Å². The first kappa shape index (κ1) is 12.4. The summed E-state index contributed by atoms with van der Waals surface area (Å²) in [6.07, 6.45) is 5.85. The van der Waals surface area contributed by atoms with E-state index < -0.39 is 0 Å². The summed E-state index contributed by atoms with van der Waals surface area (Å²) in [6.45, 7) is 2.02. The van der Waals surface area contributed by atoms with Crippen LogP contribution in [0.5, 0.6) is 5.75 Å². The van der Waals surface area contributed by atoms with Crippen LogP contribution in [0.15, 0.2) is 6.20 Å². The van der Waals surface area contributed by atoms with Gasteiger partial charge in [-0.1, -0.05) is 11.6 Å². The third-order valence-electron chi connectivity index (χ3n) is 3.94. The molecule has 2 aromatic rings. The van der Waals surface area contributed by atoms with Gasteiger partial charge in [-0.2, -0.15) is 5.10 Å². The lowest BCUT2D eigenvalue weighted by Crippen LogP contribution is -2.07. The van der Waals surface area contributed by atoms with Gasteiger partial charge < -0.3 is 10.8 Å². The lowest BCUT2D eigenvalue weighted by atomic mass is 9.84. The molecule has 1 aliphatic carbocycles. The predicted octanol–water partition coefficient (Wildman–Crippen LogP) is 3.21. The van der Waals surface area contributed by atoms with Crippen LogP contribution in [0.1, 0.15) is 29.5 Å². The van der Waals surface area contributed by atoms with E-state index in [0.717, 1.165) is 36.8 Å². The molecule has 5 heteroatoms. The average molecular weight is 278 g/mol. The number of nitrogens with zero attached hydrogens (tertiary/aromatic N) is 1. The molecule has 19 heavy (non-hydrogen) atoms. The summed E-state index contributed by atoms with van der Waals surface area (Å²) < 4.78 is 0. The molecular weight excluding hydrogens is 262 g/mol. The zero-order valence-electron chi connectivity index (χ0n) is 10.8. The van der Waals surface area contributed by atoms with Crippen molar-refractivity contribution in [1.82, 2.24) is 10.2 Å². The van der Waals surface area contributed by atoms with Gasteiger partial charge in [-0.05, 0) is 49.3 Å². The van der Waals surface area contributed by atoms with Gasteiger partial charge in [-0.25, -0.2) is 0 Å². The predicted molar refractivity (Wildman–Crippen MR) is 76.5 cm³/mol. The lowest BCUT2D eigenvalue weighted by molar-refractivity contribution is 0.475. The highest BCUT2D eigenvalue weighted by Crippen LogP contribution is 2.45. The van der Waals surface area contributed by atoms with Gasteiger partial charge in [0.2, 0.25) is 0 Å². The standard InChI is InChI=1S/C14H16ClN3O/c1-7-8-4-2-3-5-9(8)12(15)13(19)11(7)10-6-17-18-14(10)16/h6,19H,2-5H2,1H3,(H3,16,17,18). The summed E-state index contributed by atoms with van der Waals surface area (Å²) in [5.74, 6) is 0.568. The summed E-state index contributed by atoms with van der Waals surface area (Å²) in [5, 5.41) is 17.5. The number of aromatic amines is 1. The van der Waals surface area contributed by atoms with Crippen molar-refractivity contribution in [3.05, 3.63) is 27.9 Å². The van der Waals surface area contributed by atoms with Gasteiger partial charge in [0.1, 0.15) is 11.6 Å². The van der Waals surface area contributed by atoms with Crippen molar-refractivity contribution in [3.63, 3.8) is 0 Å². The molecule has 0 unspecified atom stereocenters. The van der Waals surface area contributed by atoms with Gasteiger partial charge >= 0.3 is 0 Å². The van der Waals surface area contributed by atoms with Crippen LogP contribution in [0.3, 0.4) is 0 Å². The molecule has 0 bridgehead atoms. The molecule has 1 aromatic carbocycles. The van der Waals surface area contributed by atoms with Crippen LogP contribution in [-0.4, -0.2) is 15.3 Å². The molecular formula is C14H16ClN3O. The Bertz CT molecular complexity index is 649. The molecule has 0 aliphatic heterocycles. The fourth-order valence-corrected chi connectivity index (χ4v) is 3.27. The first-order valence-electron chi connectivity index (χ1n) is 6.43. The largest absolute Gasteiger partial charge is 0.506 e. The van der Waals surface area contributed by atoms with Gasteiger partial charge in [0, 0.05) is 11.1 Å². The molecule has 0 amide bonds. The van der Waals surface area contributed by atoms with E-state index in [1.165, 1.54) is 5.56 Å². The first-order chi connectivity index (χ1) is 9.11. The van der Waals surface area contributed by atoms with E-state index in [-0.39, 0.29) is 5.75 Å². The summed E-state index contributed by atoms with van der Waals surface area (Å²) in [5.41, 5.74) is 10.7. The third-order valence-corrected chi connectivity index (χ3v) is 4.35. The van der Waals surface area contributed by atoms with Gasteiger partial charge in [-0.15, -0.1) is 0 Å². The normalized spacial score (nSPS) is 14.4. The van der Waals surface area contributed by atoms with E-state index in [4.69, 9.17) is 17.3 Å². The SMILES string of the molecule is Cc1c2c(c(Cl)c(O)c1-c1cn[nH]c1N)CCCC2. The second kappa shape index (κ2) is 4.46. The summed E-state index contributed by atoms with van der Waals surface area (Å²) in [7, 11) is 0. The molecule has 100 valence electrons. The molecule has 1 heterocycles. The smallest absolute Gasteiger partial charge is 0.142 e. The number of anilines is 1. The highest BCUT2D eigenvalue weighted by Gasteiger charge is 2.24. The number of aromatic hydroxyl groups is 1. The van der Waals surface area contributed by atoms with Crippen molar-refractivity contribution < 1.29 is 5.11 Å². The zero-order chi connectivity index (χ0) is 13.6. The Morgan fingerprint density at radius 2 is 2.00 bits per heavy atom. The minimum atomic E-state index is 0.118. The number of nitrogen functional groups attached to an aromatic ring is 1. The topological polar surface area (TPSA) is 74.9 Å². The monoisotopic (exact) mass is 277 g/mol. The third kappa shape index (κ3) is 1.78. The maximum Gasteiger partial charge on any atom is 0.142 e. The molecule has 0 saturated heterocycles. The second-order valence-electron chi connectivity index (χ2n) is 5.02. The van der Waals surface area contributed by atoms with Gasteiger partial charge in [0.25, 0.3) is 0 Å². The minimum Gasteiger partial charge on any atom is -0.506 e. The lowest BCUT2D eigenvalue weighted by Gasteiger charge is -2.23. The number of hydrogen-bond acceptors (Lipinski definition) is 3. The zero-order valence-corrected chi connectivity index (χ0v) is 11.5. The first-order valence-corrected chi connectivity index (χ1v) is 6.81. The number of nitrogens with two attached hydrogens (primary N) is 1. The summed E-state index contributed by atoms with van der Waals surface area (Å²) in [6, 6.07) is 0. The Hall–Kier alpha value is -1.68. The summed E-state index contributed by atoms with van der Waals surface area (Å²) in [4.78, 5) is 0. The number of H-pyrrole nitrogens is 1. The fraction of sp³-hybridized carbons (Fsp3) is 0.357. The molecule has 0 saturated carbocycles. The summed E-state index contributed by atoms with van der Waals surface area (Å²) >= 11 is 6.34. The number of hydrogen-bond donors (Lipinski definition) is 3. The Balaban J connectivity index is 2.32. The van der Waals surface area contributed by atoms with E-state index in [2.05, 4.69) is 10.2 Å². The van der Waals surface area contributed by atoms with E-state index >= 15 is 0 Å². The Morgan fingerprint density at radius 3 is 2.63 bits per heavy atom. The Kier molecular flexibility index (Phi) is 2.90. The quantitative estimate of drug-likeness (QED) is 0.749. The molecule has 0 fully saturated rings. The second-order valence-corrected chi connectivity index (χ2v) is 5.40. The van der Waals surface area contributed by atoms with Crippen molar-refractivity contribution >= 4 is 17.4 Å². The fourth-order valence-electron chi connectivity index (χ4n) is 2.97. The van der Waals surface area contributed by atoms with Crippen molar-refractivity contribution in [3.8, 4) is 16.9 Å². The van der Waals surface area contributed by atoms with Crippen LogP contribution < -0.4 is 5.73 Å². The van der Waals surface area contributed by atoms with E-state index in [9.17, 15) is 5.11 Å². The van der Waals surface area contributed by atoms with Crippen LogP contribution in [-0.2, 0) is 12.8 Å². The highest BCUT2D eigenvalue weighted by atomic mass is 35.5. The van der Waals surface area contributed by atoms with E-state index in [1.807, 2.05) is 6.92 Å². The van der Waals surface area contributed by atoms with Crippen molar-refractivity contribution in [2.45, 2.75) is 32.6 Å². The van der Waals surface area contributed by atoms with Gasteiger partial charge in [-0.3, -0.25) is 5.10 Å². The van der Waals surface area contributed by atoms with Crippen LogP contribution in [0.4, 0.5) is 5.82 Å². The molecule has 4 nitrogen and oxygen atoms in total. The number of halogens is 1. The highest BCUT2D eigenvalue weighted by molar-refractivity contribution is 6.33. The average Bonchev–Trinajstić information content (AvgIpc) is 2.83. The molecule has 1 aromatic heterocycles. The van der Waals surface area contributed by atoms with Gasteiger partial charge in [0.05, 0.1) is 11.2 Å². The number of phenols is 1. The maximum atomic E-state index is 10.4. The van der Waals surface area contributed by atoms with Crippen molar-refractivity contribution in [1.29, 1.82) is 0 Å². The van der Waals surface area contributed by atoms with Crippen molar-refractivity contribution in [2.75, 3.05) is 5.73 Å². The Morgan fingerprint density at radius 1 is 1.32 bits per heavy atom. The number of nitrogens with one attached hydrogen (secondary N) is 1. The maximum absolute atomic E-state index is 10.4. The van der Waals surface area contributed by atoms with E-state index in [1.54, 1.807) is 6.20 Å². The molecule has 3 rings (SSSR count). The number of fused-ring (bicyclic) bond motifs is 1. The Labute approximate surface area is 116 Å². The number of rotatable bonds is 1. The number of aromatic nitrogens is 2.